The highest BCUT2D eigenvalue weighted by Crippen LogP contribution is 2.25. The Kier molecular flexibility index (Phi) is 6.45. The highest BCUT2D eigenvalue weighted by atomic mass is 19.1. The van der Waals surface area contributed by atoms with E-state index in [0.717, 1.165) is 0 Å². The van der Waals surface area contributed by atoms with E-state index in [0.29, 0.717) is 23.8 Å². The molecule has 4 nitrogen and oxygen atoms in total. The predicted molar refractivity (Wildman–Crippen MR) is 77.2 cm³/mol. The number of ether oxygens (including phenoxy) is 1. The molecule has 1 aromatic rings. The van der Waals surface area contributed by atoms with Crippen LogP contribution in [0, 0.1) is 11.7 Å². The van der Waals surface area contributed by atoms with Crippen molar-refractivity contribution in [1.82, 2.24) is 10.6 Å². The summed E-state index contributed by atoms with van der Waals surface area (Å²) in [5.74, 6) is 0.419. The number of carbonyl (C=O) groups is 1. The van der Waals surface area contributed by atoms with Crippen molar-refractivity contribution in [2.24, 2.45) is 5.92 Å². The maximum atomic E-state index is 13.3. The number of hydrogen-bond acceptors (Lipinski definition) is 3. The molecule has 112 valence electrons. The van der Waals surface area contributed by atoms with E-state index in [-0.39, 0.29) is 24.4 Å². The third kappa shape index (κ3) is 5.17. The average Bonchev–Trinajstić information content (AvgIpc) is 2.42. The highest BCUT2D eigenvalue weighted by molar-refractivity contribution is 5.77. The van der Waals surface area contributed by atoms with Crippen LogP contribution in [0.15, 0.2) is 18.2 Å². The van der Waals surface area contributed by atoms with Gasteiger partial charge in [0.05, 0.1) is 0 Å². The van der Waals surface area contributed by atoms with Gasteiger partial charge in [-0.05, 0) is 38.1 Å². The van der Waals surface area contributed by atoms with Crippen molar-refractivity contribution in [2.45, 2.75) is 26.8 Å². The molecule has 1 atom stereocenters. The first-order valence-electron chi connectivity index (χ1n) is 6.80. The van der Waals surface area contributed by atoms with Crippen molar-refractivity contribution in [3.05, 3.63) is 29.6 Å². The van der Waals surface area contributed by atoms with Crippen LogP contribution in [-0.2, 0) is 4.79 Å². The number of benzene rings is 1. The Morgan fingerprint density at radius 1 is 1.35 bits per heavy atom. The minimum atomic E-state index is -0.321. The number of nitrogens with one attached hydrogen (secondary N) is 2. The number of amides is 1. The van der Waals surface area contributed by atoms with Crippen molar-refractivity contribution in [1.29, 1.82) is 0 Å². The molecule has 0 heterocycles. The maximum Gasteiger partial charge on any atom is 0.257 e. The second-order valence-corrected chi connectivity index (χ2v) is 5.18. The van der Waals surface area contributed by atoms with Gasteiger partial charge in [0.25, 0.3) is 5.91 Å². The Bertz CT molecular complexity index is 449. The van der Waals surface area contributed by atoms with Gasteiger partial charge in [-0.1, -0.05) is 13.8 Å². The van der Waals surface area contributed by atoms with Crippen molar-refractivity contribution < 1.29 is 13.9 Å². The molecule has 0 aromatic heterocycles. The first-order valence-corrected chi connectivity index (χ1v) is 6.80. The molecule has 1 amide bonds. The zero-order chi connectivity index (χ0) is 15.1. The number of rotatable bonds is 7. The summed E-state index contributed by atoms with van der Waals surface area (Å²) < 4.78 is 18.8. The monoisotopic (exact) mass is 282 g/mol. The Balaban J connectivity index is 2.65. The van der Waals surface area contributed by atoms with Crippen LogP contribution in [0.4, 0.5) is 4.39 Å². The van der Waals surface area contributed by atoms with E-state index in [1.807, 2.05) is 20.8 Å². The Morgan fingerprint density at radius 3 is 2.65 bits per heavy atom. The van der Waals surface area contributed by atoms with Crippen LogP contribution in [0.5, 0.6) is 5.75 Å². The summed E-state index contributed by atoms with van der Waals surface area (Å²) in [6.07, 6.45) is 0. The van der Waals surface area contributed by atoms with Crippen LogP contribution in [0.3, 0.4) is 0 Å². The van der Waals surface area contributed by atoms with Gasteiger partial charge in [0.1, 0.15) is 11.6 Å². The van der Waals surface area contributed by atoms with Crippen LogP contribution in [-0.4, -0.2) is 26.1 Å². The lowest BCUT2D eigenvalue weighted by molar-refractivity contribution is -0.123. The summed E-state index contributed by atoms with van der Waals surface area (Å²) in [5, 5.41) is 5.80. The van der Waals surface area contributed by atoms with Crippen molar-refractivity contribution in [3.63, 3.8) is 0 Å². The van der Waals surface area contributed by atoms with Gasteiger partial charge in [-0.25, -0.2) is 4.39 Å². The summed E-state index contributed by atoms with van der Waals surface area (Å²) in [6, 6.07) is 4.24. The topological polar surface area (TPSA) is 50.4 Å². The molecule has 20 heavy (non-hydrogen) atoms. The second kappa shape index (κ2) is 7.85. The molecule has 0 radical (unpaired) electrons. The Morgan fingerprint density at radius 2 is 2.05 bits per heavy atom. The maximum absolute atomic E-state index is 13.3. The van der Waals surface area contributed by atoms with Gasteiger partial charge in [-0.15, -0.1) is 0 Å². The normalized spacial score (nSPS) is 12.3. The molecular formula is C15H23FN2O2. The molecule has 1 aromatic carbocycles. The molecule has 0 saturated carbocycles. The number of halogens is 1. The van der Waals surface area contributed by atoms with Crippen LogP contribution in [0.2, 0.25) is 0 Å². The van der Waals surface area contributed by atoms with E-state index in [1.165, 1.54) is 12.1 Å². The van der Waals surface area contributed by atoms with E-state index < -0.39 is 0 Å². The number of carbonyl (C=O) groups excluding carboxylic acids is 1. The van der Waals surface area contributed by atoms with Gasteiger partial charge < -0.3 is 15.4 Å². The quantitative estimate of drug-likeness (QED) is 0.806. The second-order valence-electron chi connectivity index (χ2n) is 5.18. The van der Waals surface area contributed by atoms with Crippen LogP contribution in [0.25, 0.3) is 0 Å². The Hall–Kier alpha value is -1.62. The molecule has 0 saturated heterocycles. The molecule has 0 aliphatic carbocycles. The molecule has 0 spiro atoms. The van der Waals surface area contributed by atoms with Gasteiger partial charge in [-0.3, -0.25) is 4.79 Å². The van der Waals surface area contributed by atoms with E-state index in [4.69, 9.17) is 4.74 Å². The van der Waals surface area contributed by atoms with Crippen LogP contribution < -0.4 is 15.4 Å². The molecule has 0 aliphatic rings. The minimum absolute atomic E-state index is 0.0561. The average molecular weight is 282 g/mol. The summed E-state index contributed by atoms with van der Waals surface area (Å²) >= 11 is 0. The van der Waals surface area contributed by atoms with E-state index in [9.17, 15) is 9.18 Å². The predicted octanol–water partition coefficient (Wildman–Crippen LogP) is 2.26. The lowest BCUT2D eigenvalue weighted by Crippen LogP contribution is -2.32. The van der Waals surface area contributed by atoms with E-state index in [2.05, 4.69) is 10.6 Å². The fourth-order valence-electron chi connectivity index (χ4n) is 1.66. The van der Waals surface area contributed by atoms with Gasteiger partial charge in [0.2, 0.25) is 0 Å². The molecule has 0 aliphatic heterocycles. The smallest absolute Gasteiger partial charge is 0.257 e. The third-order valence-corrected chi connectivity index (χ3v) is 2.94. The fraction of sp³-hybridized carbons (Fsp3) is 0.533. The molecule has 1 rings (SSSR count). The number of hydrogen-bond donors (Lipinski definition) is 2. The highest BCUT2D eigenvalue weighted by Gasteiger charge is 2.13. The summed E-state index contributed by atoms with van der Waals surface area (Å²) in [5.41, 5.74) is 0.698. The van der Waals surface area contributed by atoms with Gasteiger partial charge in [0.15, 0.2) is 6.61 Å². The minimum Gasteiger partial charge on any atom is -0.483 e. The third-order valence-electron chi connectivity index (χ3n) is 2.94. The van der Waals surface area contributed by atoms with Crippen LogP contribution in [0.1, 0.15) is 32.4 Å². The van der Waals surface area contributed by atoms with Crippen LogP contribution >= 0.6 is 0 Å². The molecule has 2 N–H and O–H groups in total. The Labute approximate surface area is 119 Å². The molecular weight excluding hydrogens is 259 g/mol. The first-order chi connectivity index (χ1) is 9.43. The zero-order valence-electron chi connectivity index (χ0n) is 12.5. The van der Waals surface area contributed by atoms with Crippen molar-refractivity contribution in [2.75, 3.05) is 20.2 Å². The first kappa shape index (κ1) is 16.4. The summed E-state index contributed by atoms with van der Waals surface area (Å²) in [7, 11) is 1.79. The van der Waals surface area contributed by atoms with Gasteiger partial charge in [-0.2, -0.15) is 0 Å². The summed E-state index contributed by atoms with van der Waals surface area (Å²) in [6.45, 7) is 6.50. The lowest BCUT2D eigenvalue weighted by Gasteiger charge is -2.16. The molecule has 0 fully saturated rings. The standard InChI is InChI=1S/C15H23FN2O2/c1-10(2)8-18-15(19)9-20-14-6-5-12(16)7-13(14)11(3)17-4/h5-7,10-11,17H,8-9H2,1-4H3,(H,18,19). The van der Waals surface area contributed by atoms with Crippen molar-refractivity contribution in [3.8, 4) is 5.75 Å². The van der Waals surface area contributed by atoms with Gasteiger partial charge >= 0.3 is 0 Å². The van der Waals surface area contributed by atoms with Crippen molar-refractivity contribution >= 4 is 5.91 Å². The fourth-order valence-corrected chi connectivity index (χ4v) is 1.66. The SMILES string of the molecule is CNC(C)c1cc(F)ccc1OCC(=O)NCC(C)C. The lowest BCUT2D eigenvalue weighted by atomic mass is 10.1. The zero-order valence-corrected chi connectivity index (χ0v) is 12.5. The molecule has 5 heteroatoms. The molecule has 0 bridgehead atoms. The van der Waals surface area contributed by atoms with Gasteiger partial charge in [0, 0.05) is 18.2 Å². The summed E-state index contributed by atoms with van der Waals surface area (Å²) in [4.78, 5) is 11.6. The van der Waals surface area contributed by atoms with E-state index >= 15 is 0 Å². The largest absolute Gasteiger partial charge is 0.483 e. The van der Waals surface area contributed by atoms with E-state index in [1.54, 1.807) is 13.1 Å². The molecule has 1 unspecified atom stereocenters.